The Morgan fingerprint density at radius 3 is 2.77 bits per heavy atom. The van der Waals surface area contributed by atoms with Gasteiger partial charge < -0.3 is 9.47 Å². The summed E-state index contributed by atoms with van der Waals surface area (Å²) in [7, 11) is 1.54. The smallest absolute Gasteiger partial charge is 0.282 e. The van der Waals surface area contributed by atoms with Crippen LogP contribution in [-0.2, 0) is 0 Å². The zero-order valence-electron chi connectivity index (χ0n) is 17.5. The molecule has 7 heteroatoms. The summed E-state index contributed by atoms with van der Waals surface area (Å²) in [6.45, 7) is -0.119. The highest BCUT2D eigenvalue weighted by Crippen LogP contribution is 2.32. The minimum atomic E-state index is -0.190. The second-order valence-corrected chi connectivity index (χ2v) is 7.51. The number of fused-ring (bicyclic) bond motifs is 1. The minimum Gasteiger partial charge on any atom is -0.493 e. The van der Waals surface area contributed by atoms with Gasteiger partial charge in [-0.15, -0.1) is 0 Å². The summed E-state index contributed by atoms with van der Waals surface area (Å²) in [6.07, 6.45) is 7.02. The van der Waals surface area contributed by atoms with Crippen molar-refractivity contribution in [2.45, 2.75) is 38.0 Å². The number of rotatable bonds is 6. The normalized spacial score (nSPS) is 14.6. The molecule has 7 nitrogen and oxygen atoms in total. The average molecular weight is 416 g/mol. The SMILES string of the molecule is COc1cccc(C=Nn2c(C3CCCCC3)nc3ccccc3c2=O)c1OCC#N. The molecule has 4 rings (SSSR count). The van der Waals surface area contributed by atoms with Crippen LogP contribution in [-0.4, -0.2) is 29.6 Å². The van der Waals surface area contributed by atoms with Gasteiger partial charge in [0.15, 0.2) is 18.1 Å². The van der Waals surface area contributed by atoms with E-state index in [-0.39, 0.29) is 18.1 Å². The third-order valence-electron chi connectivity index (χ3n) is 5.57. The fourth-order valence-electron chi connectivity index (χ4n) is 4.05. The Hall–Kier alpha value is -3.66. The molecule has 31 heavy (non-hydrogen) atoms. The summed E-state index contributed by atoms with van der Waals surface area (Å²) >= 11 is 0. The summed E-state index contributed by atoms with van der Waals surface area (Å²) in [5.74, 6) is 1.80. The number of ether oxygens (including phenoxy) is 2. The molecule has 1 aromatic heterocycles. The van der Waals surface area contributed by atoms with E-state index in [0.29, 0.717) is 33.8 Å². The lowest BCUT2D eigenvalue weighted by atomic mass is 9.88. The zero-order valence-corrected chi connectivity index (χ0v) is 17.5. The van der Waals surface area contributed by atoms with Crippen molar-refractivity contribution >= 4 is 17.1 Å². The number of nitrogens with zero attached hydrogens (tertiary/aromatic N) is 4. The number of hydrogen-bond acceptors (Lipinski definition) is 6. The van der Waals surface area contributed by atoms with E-state index < -0.39 is 0 Å². The van der Waals surface area contributed by atoms with Gasteiger partial charge in [0.25, 0.3) is 5.56 Å². The van der Waals surface area contributed by atoms with Gasteiger partial charge in [-0.05, 0) is 37.1 Å². The van der Waals surface area contributed by atoms with Crippen molar-refractivity contribution in [3.63, 3.8) is 0 Å². The van der Waals surface area contributed by atoms with Gasteiger partial charge in [0.05, 0.1) is 24.2 Å². The molecule has 0 amide bonds. The maximum absolute atomic E-state index is 13.3. The number of aromatic nitrogens is 2. The predicted octanol–water partition coefficient (Wildman–Crippen LogP) is 4.24. The van der Waals surface area contributed by atoms with Crippen LogP contribution >= 0.6 is 0 Å². The molecule has 0 spiro atoms. The van der Waals surface area contributed by atoms with Gasteiger partial charge in [0.1, 0.15) is 11.9 Å². The molecular formula is C24H24N4O3. The van der Waals surface area contributed by atoms with Gasteiger partial charge in [-0.3, -0.25) is 4.79 Å². The quantitative estimate of drug-likeness (QED) is 0.561. The molecule has 0 radical (unpaired) electrons. The molecule has 2 aromatic carbocycles. The Morgan fingerprint density at radius 2 is 2.00 bits per heavy atom. The number of para-hydroxylation sites is 2. The molecule has 0 unspecified atom stereocenters. The van der Waals surface area contributed by atoms with Crippen molar-refractivity contribution in [2.75, 3.05) is 13.7 Å². The second-order valence-electron chi connectivity index (χ2n) is 7.51. The van der Waals surface area contributed by atoms with E-state index in [9.17, 15) is 4.79 Å². The maximum atomic E-state index is 13.3. The van der Waals surface area contributed by atoms with Crippen LogP contribution in [0.15, 0.2) is 52.4 Å². The highest BCUT2D eigenvalue weighted by atomic mass is 16.5. The largest absolute Gasteiger partial charge is 0.493 e. The van der Waals surface area contributed by atoms with E-state index in [1.807, 2.05) is 30.3 Å². The third-order valence-corrected chi connectivity index (χ3v) is 5.57. The molecule has 0 aliphatic heterocycles. The van der Waals surface area contributed by atoms with Crippen molar-refractivity contribution < 1.29 is 9.47 Å². The fourth-order valence-corrected chi connectivity index (χ4v) is 4.05. The van der Waals surface area contributed by atoms with Crippen LogP contribution in [0.1, 0.15) is 49.4 Å². The van der Waals surface area contributed by atoms with Crippen molar-refractivity contribution in [2.24, 2.45) is 5.10 Å². The molecule has 1 aliphatic carbocycles. The molecule has 0 N–H and O–H groups in total. The van der Waals surface area contributed by atoms with Gasteiger partial charge in [-0.25, -0.2) is 4.98 Å². The lowest BCUT2D eigenvalue weighted by Crippen LogP contribution is -2.25. The Balaban J connectivity index is 1.83. The van der Waals surface area contributed by atoms with Gasteiger partial charge in [0, 0.05) is 11.5 Å². The molecule has 1 aliphatic rings. The Kier molecular flexibility index (Phi) is 6.27. The summed E-state index contributed by atoms with van der Waals surface area (Å²) in [5.41, 5.74) is 1.12. The standard InChI is InChI=1S/C24H24N4O3/c1-30-21-13-7-10-18(22(21)31-15-14-25)16-26-28-23(17-8-3-2-4-9-17)27-20-12-6-5-11-19(20)24(28)29/h5-7,10-13,16-17H,2-4,8-9,15H2,1H3. The highest BCUT2D eigenvalue weighted by molar-refractivity contribution is 5.85. The van der Waals surface area contributed by atoms with Gasteiger partial charge in [-0.1, -0.05) is 37.5 Å². The number of benzene rings is 2. The van der Waals surface area contributed by atoms with Crippen molar-refractivity contribution in [1.29, 1.82) is 5.26 Å². The molecule has 1 saturated carbocycles. The monoisotopic (exact) mass is 416 g/mol. The van der Waals surface area contributed by atoms with Crippen molar-refractivity contribution in [3.05, 3.63) is 64.2 Å². The van der Waals surface area contributed by atoms with Crippen LogP contribution < -0.4 is 15.0 Å². The number of methoxy groups -OCH3 is 1. The number of nitriles is 1. The van der Waals surface area contributed by atoms with E-state index in [1.54, 1.807) is 24.4 Å². The molecule has 1 heterocycles. The summed E-state index contributed by atoms with van der Waals surface area (Å²) in [6, 6.07) is 14.7. The minimum absolute atomic E-state index is 0.119. The maximum Gasteiger partial charge on any atom is 0.282 e. The van der Waals surface area contributed by atoms with Crippen LogP contribution in [0.4, 0.5) is 0 Å². The molecule has 3 aromatic rings. The third kappa shape index (κ3) is 4.29. The van der Waals surface area contributed by atoms with Crippen molar-refractivity contribution in [1.82, 2.24) is 9.66 Å². The first-order valence-electron chi connectivity index (χ1n) is 10.5. The Bertz CT molecular complexity index is 1200. The topological polar surface area (TPSA) is 89.5 Å². The first kappa shape index (κ1) is 20.6. The van der Waals surface area contributed by atoms with Crippen molar-refractivity contribution in [3.8, 4) is 17.6 Å². The number of hydrogen-bond donors (Lipinski definition) is 0. The lowest BCUT2D eigenvalue weighted by Gasteiger charge is -2.22. The van der Waals surface area contributed by atoms with E-state index >= 15 is 0 Å². The van der Waals surface area contributed by atoms with Crippen LogP contribution in [0.25, 0.3) is 10.9 Å². The lowest BCUT2D eigenvalue weighted by molar-refractivity contribution is 0.329. The second kappa shape index (κ2) is 9.43. The first-order chi connectivity index (χ1) is 15.2. The van der Waals surface area contributed by atoms with E-state index in [0.717, 1.165) is 25.7 Å². The van der Waals surface area contributed by atoms with E-state index in [4.69, 9.17) is 19.7 Å². The fraction of sp³-hybridized carbons (Fsp3) is 0.333. The molecular weight excluding hydrogens is 392 g/mol. The highest BCUT2D eigenvalue weighted by Gasteiger charge is 2.22. The van der Waals surface area contributed by atoms with Gasteiger partial charge in [0.2, 0.25) is 0 Å². The first-order valence-corrected chi connectivity index (χ1v) is 10.5. The van der Waals surface area contributed by atoms with Gasteiger partial charge in [-0.2, -0.15) is 15.0 Å². The Morgan fingerprint density at radius 1 is 1.19 bits per heavy atom. The predicted molar refractivity (Wildman–Crippen MR) is 119 cm³/mol. The average Bonchev–Trinajstić information content (AvgIpc) is 2.82. The van der Waals surface area contributed by atoms with Gasteiger partial charge >= 0.3 is 0 Å². The molecule has 0 saturated heterocycles. The summed E-state index contributed by atoms with van der Waals surface area (Å²) < 4.78 is 12.3. The van der Waals surface area contributed by atoms with Crippen LogP contribution in [0.5, 0.6) is 11.5 Å². The van der Waals surface area contributed by atoms with E-state index in [2.05, 4.69) is 5.10 Å². The van der Waals surface area contributed by atoms with Crippen LogP contribution in [0.2, 0.25) is 0 Å². The van der Waals surface area contributed by atoms with E-state index in [1.165, 1.54) is 18.2 Å². The molecule has 158 valence electrons. The molecule has 0 atom stereocenters. The summed E-state index contributed by atoms with van der Waals surface area (Å²) in [5, 5.41) is 14.0. The summed E-state index contributed by atoms with van der Waals surface area (Å²) in [4.78, 5) is 18.1. The van der Waals surface area contributed by atoms with Crippen LogP contribution in [0.3, 0.4) is 0 Å². The molecule has 1 fully saturated rings. The van der Waals surface area contributed by atoms with Crippen LogP contribution in [0, 0.1) is 11.3 Å². The Labute approximate surface area is 180 Å². The molecule has 0 bridgehead atoms. The zero-order chi connectivity index (χ0) is 21.6.